The standard InChI is InChI=1S/C12H20ClN3O2/c1-8-9(11(13)15(5)14-8)6-16(7-10(17)18)12(2,3)4/h6-7H2,1-5H3,(H,17,18). The Kier molecular flexibility index (Phi) is 4.40. The number of aryl methyl sites for hydroxylation is 2. The minimum Gasteiger partial charge on any atom is -0.480 e. The Morgan fingerprint density at radius 1 is 1.50 bits per heavy atom. The van der Waals surface area contributed by atoms with Crippen LogP contribution in [-0.2, 0) is 18.4 Å². The first-order valence-electron chi connectivity index (χ1n) is 5.77. The molecule has 0 aliphatic carbocycles. The van der Waals surface area contributed by atoms with Crippen LogP contribution in [0, 0.1) is 6.92 Å². The van der Waals surface area contributed by atoms with Gasteiger partial charge < -0.3 is 5.11 Å². The molecule has 1 rings (SSSR count). The Morgan fingerprint density at radius 2 is 2.06 bits per heavy atom. The van der Waals surface area contributed by atoms with Crippen LogP contribution in [0.4, 0.5) is 0 Å². The number of hydrogen-bond donors (Lipinski definition) is 1. The molecular formula is C12H20ClN3O2. The Balaban J connectivity index is 3.00. The molecule has 102 valence electrons. The number of nitrogens with zero attached hydrogens (tertiary/aromatic N) is 3. The van der Waals surface area contributed by atoms with Gasteiger partial charge in [0, 0.05) is 24.7 Å². The summed E-state index contributed by atoms with van der Waals surface area (Å²) in [6, 6.07) is 0. The van der Waals surface area contributed by atoms with Crippen molar-refractivity contribution in [2.75, 3.05) is 6.54 Å². The predicted molar refractivity (Wildman–Crippen MR) is 70.8 cm³/mol. The van der Waals surface area contributed by atoms with Crippen molar-refractivity contribution >= 4 is 17.6 Å². The van der Waals surface area contributed by atoms with E-state index in [1.807, 2.05) is 32.6 Å². The van der Waals surface area contributed by atoms with E-state index in [1.54, 1.807) is 11.7 Å². The maximum atomic E-state index is 10.9. The van der Waals surface area contributed by atoms with E-state index < -0.39 is 5.97 Å². The molecule has 0 unspecified atom stereocenters. The summed E-state index contributed by atoms with van der Waals surface area (Å²) in [6.45, 7) is 8.28. The summed E-state index contributed by atoms with van der Waals surface area (Å²) in [6.07, 6.45) is 0. The quantitative estimate of drug-likeness (QED) is 0.912. The van der Waals surface area contributed by atoms with E-state index in [9.17, 15) is 4.79 Å². The number of carboxylic acids is 1. The van der Waals surface area contributed by atoms with E-state index in [4.69, 9.17) is 16.7 Å². The van der Waals surface area contributed by atoms with Gasteiger partial charge in [-0.3, -0.25) is 14.4 Å². The van der Waals surface area contributed by atoms with Crippen molar-refractivity contribution in [1.82, 2.24) is 14.7 Å². The van der Waals surface area contributed by atoms with Crippen LogP contribution >= 0.6 is 11.6 Å². The van der Waals surface area contributed by atoms with Gasteiger partial charge in [0.1, 0.15) is 5.15 Å². The van der Waals surface area contributed by atoms with Crippen LogP contribution in [0.25, 0.3) is 0 Å². The van der Waals surface area contributed by atoms with Gasteiger partial charge >= 0.3 is 5.97 Å². The molecule has 18 heavy (non-hydrogen) atoms. The number of aromatic nitrogens is 2. The molecule has 5 nitrogen and oxygen atoms in total. The lowest BCUT2D eigenvalue weighted by molar-refractivity contribution is -0.139. The molecule has 0 aliphatic heterocycles. The van der Waals surface area contributed by atoms with Crippen LogP contribution in [-0.4, -0.2) is 37.8 Å². The molecule has 6 heteroatoms. The Bertz CT molecular complexity index is 449. The molecule has 1 aromatic heterocycles. The third-order valence-corrected chi connectivity index (χ3v) is 3.37. The number of carbonyl (C=O) groups is 1. The summed E-state index contributed by atoms with van der Waals surface area (Å²) < 4.78 is 1.60. The topological polar surface area (TPSA) is 58.4 Å². The largest absolute Gasteiger partial charge is 0.480 e. The zero-order valence-electron chi connectivity index (χ0n) is 11.5. The van der Waals surface area contributed by atoms with E-state index >= 15 is 0 Å². The summed E-state index contributed by atoms with van der Waals surface area (Å²) in [4.78, 5) is 12.8. The number of halogens is 1. The third kappa shape index (κ3) is 3.46. The van der Waals surface area contributed by atoms with E-state index in [1.165, 1.54) is 0 Å². The molecule has 0 saturated heterocycles. The SMILES string of the molecule is Cc1nn(C)c(Cl)c1CN(CC(=O)O)C(C)(C)C. The summed E-state index contributed by atoms with van der Waals surface area (Å²) in [5.74, 6) is -0.845. The monoisotopic (exact) mass is 273 g/mol. The fourth-order valence-corrected chi connectivity index (χ4v) is 1.97. The van der Waals surface area contributed by atoms with E-state index in [-0.39, 0.29) is 12.1 Å². The molecule has 0 aliphatic rings. The zero-order chi connectivity index (χ0) is 14.1. The first-order chi connectivity index (χ1) is 8.12. The summed E-state index contributed by atoms with van der Waals surface area (Å²) in [5, 5.41) is 13.8. The molecule has 0 aromatic carbocycles. The van der Waals surface area contributed by atoms with Crippen LogP contribution in [0.3, 0.4) is 0 Å². The predicted octanol–water partition coefficient (Wildman–Crippen LogP) is 2.07. The minimum atomic E-state index is -0.845. The third-order valence-electron chi connectivity index (χ3n) is 2.89. The average Bonchev–Trinajstić information content (AvgIpc) is 2.41. The first-order valence-corrected chi connectivity index (χ1v) is 6.15. The first kappa shape index (κ1) is 15.0. The van der Waals surface area contributed by atoms with Gasteiger partial charge in [0.15, 0.2) is 0 Å². The van der Waals surface area contributed by atoms with Crippen LogP contribution < -0.4 is 0 Å². The van der Waals surface area contributed by atoms with Gasteiger partial charge in [-0.15, -0.1) is 0 Å². The summed E-state index contributed by atoms with van der Waals surface area (Å²) >= 11 is 6.17. The van der Waals surface area contributed by atoms with Gasteiger partial charge in [0.05, 0.1) is 12.2 Å². The smallest absolute Gasteiger partial charge is 0.317 e. The van der Waals surface area contributed by atoms with Crippen molar-refractivity contribution in [2.45, 2.75) is 39.8 Å². The van der Waals surface area contributed by atoms with Crippen molar-refractivity contribution in [3.8, 4) is 0 Å². The average molecular weight is 274 g/mol. The second kappa shape index (κ2) is 5.28. The van der Waals surface area contributed by atoms with Crippen molar-refractivity contribution < 1.29 is 9.90 Å². The maximum Gasteiger partial charge on any atom is 0.317 e. The molecule has 0 bridgehead atoms. The van der Waals surface area contributed by atoms with Crippen LogP contribution in [0.2, 0.25) is 5.15 Å². The van der Waals surface area contributed by atoms with Crippen LogP contribution in [0.1, 0.15) is 32.0 Å². The lowest BCUT2D eigenvalue weighted by Crippen LogP contribution is -2.43. The van der Waals surface area contributed by atoms with Crippen molar-refractivity contribution in [3.05, 3.63) is 16.4 Å². The lowest BCUT2D eigenvalue weighted by Gasteiger charge is -2.34. The normalized spacial score (nSPS) is 12.2. The molecular weight excluding hydrogens is 254 g/mol. The highest BCUT2D eigenvalue weighted by molar-refractivity contribution is 6.30. The fourth-order valence-electron chi connectivity index (χ4n) is 1.74. The van der Waals surface area contributed by atoms with Crippen molar-refractivity contribution in [1.29, 1.82) is 0 Å². The number of hydrogen-bond acceptors (Lipinski definition) is 3. The highest BCUT2D eigenvalue weighted by Crippen LogP contribution is 2.24. The van der Waals surface area contributed by atoms with Crippen molar-refractivity contribution in [3.63, 3.8) is 0 Å². The number of rotatable bonds is 4. The molecule has 1 aromatic rings. The number of aliphatic carboxylic acids is 1. The molecule has 0 amide bonds. The van der Waals surface area contributed by atoms with Gasteiger partial charge in [-0.25, -0.2) is 0 Å². The Hall–Kier alpha value is -1.07. The minimum absolute atomic E-state index is 0.0197. The Morgan fingerprint density at radius 3 is 2.39 bits per heavy atom. The second-order valence-corrected chi connectivity index (χ2v) is 5.76. The Labute approximate surface area is 112 Å². The van der Waals surface area contributed by atoms with Gasteiger partial charge in [-0.05, 0) is 27.7 Å². The second-order valence-electron chi connectivity index (χ2n) is 5.40. The van der Waals surface area contributed by atoms with Gasteiger partial charge in [-0.2, -0.15) is 5.10 Å². The molecule has 0 radical (unpaired) electrons. The molecule has 0 fully saturated rings. The summed E-state index contributed by atoms with van der Waals surface area (Å²) in [7, 11) is 1.78. The van der Waals surface area contributed by atoms with Gasteiger partial charge in [-0.1, -0.05) is 11.6 Å². The van der Waals surface area contributed by atoms with Gasteiger partial charge in [0.25, 0.3) is 0 Å². The van der Waals surface area contributed by atoms with E-state index in [2.05, 4.69) is 5.10 Å². The number of carboxylic acid groups (broad SMARTS) is 1. The van der Waals surface area contributed by atoms with Gasteiger partial charge in [0.2, 0.25) is 0 Å². The lowest BCUT2D eigenvalue weighted by atomic mass is 10.0. The maximum absolute atomic E-state index is 10.9. The van der Waals surface area contributed by atoms with Crippen LogP contribution in [0.15, 0.2) is 0 Å². The zero-order valence-corrected chi connectivity index (χ0v) is 12.2. The molecule has 1 heterocycles. The highest BCUT2D eigenvalue weighted by Gasteiger charge is 2.26. The summed E-state index contributed by atoms with van der Waals surface area (Å²) in [5.41, 5.74) is 1.47. The van der Waals surface area contributed by atoms with E-state index in [0.717, 1.165) is 11.3 Å². The molecule has 0 saturated carbocycles. The molecule has 0 atom stereocenters. The highest BCUT2D eigenvalue weighted by atomic mass is 35.5. The fraction of sp³-hybridized carbons (Fsp3) is 0.667. The van der Waals surface area contributed by atoms with E-state index in [0.29, 0.717) is 11.7 Å². The van der Waals surface area contributed by atoms with Crippen molar-refractivity contribution in [2.24, 2.45) is 7.05 Å². The van der Waals surface area contributed by atoms with Crippen LogP contribution in [0.5, 0.6) is 0 Å². The molecule has 1 N–H and O–H groups in total. The molecule has 0 spiro atoms.